The Kier molecular flexibility index (Phi) is 8.52. The first-order chi connectivity index (χ1) is 15.1. The monoisotopic (exact) mass is 459 g/mol. The number of rotatable bonds is 10. The molecule has 0 spiro atoms. The van der Waals surface area contributed by atoms with Crippen molar-refractivity contribution >= 4 is 35.2 Å². The van der Waals surface area contributed by atoms with E-state index in [2.05, 4.69) is 15.8 Å². The molecular weight excluding hydrogens is 438 g/mol. The summed E-state index contributed by atoms with van der Waals surface area (Å²) in [6.07, 6.45) is 0. The van der Waals surface area contributed by atoms with Crippen LogP contribution in [0.4, 0.5) is 0 Å². The Balaban J connectivity index is 1.76. The number of thioether (sulfide) groups is 1. The van der Waals surface area contributed by atoms with Crippen LogP contribution in [0.2, 0.25) is 5.02 Å². The predicted molar refractivity (Wildman–Crippen MR) is 119 cm³/mol. The molecule has 0 saturated heterocycles. The number of nitrogens with zero attached hydrogens (tertiary/aromatic N) is 1. The van der Waals surface area contributed by atoms with Crippen molar-refractivity contribution in [2.45, 2.75) is 17.2 Å². The number of amides is 2. The van der Waals surface area contributed by atoms with Crippen LogP contribution >= 0.6 is 23.4 Å². The minimum absolute atomic E-state index is 0.113. The number of halogens is 1. The second-order valence-electron chi connectivity index (χ2n) is 6.49. The van der Waals surface area contributed by atoms with Crippen molar-refractivity contribution < 1.29 is 18.8 Å². The van der Waals surface area contributed by atoms with Crippen LogP contribution < -0.4 is 10.6 Å². The number of carbonyl (C=O) groups is 2. The molecule has 2 aromatic carbocycles. The number of methoxy groups -OCH3 is 1. The van der Waals surface area contributed by atoms with Crippen molar-refractivity contribution in [3.63, 3.8) is 0 Å². The van der Waals surface area contributed by atoms with Crippen molar-refractivity contribution in [1.82, 2.24) is 15.8 Å². The van der Waals surface area contributed by atoms with Gasteiger partial charge < -0.3 is 19.9 Å². The lowest BCUT2D eigenvalue weighted by Gasteiger charge is -2.07. The molecule has 0 aliphatic rings. The first-order valence-corrected chi connectivity index (χ1v) is 10.9. The minimum atomic E-state index is -0.504. The molecule has 0 atom stereocenters. The van der Waals surface area contributed by atoms with Crippen molar-refractivity contribution in [2.75, 3.05) is 20.3 Å². The van der Waals surface area contributed by atoms with Crippen LogP contribution in [0.15, 0.2) is 64.0 Å². The highest BCUT2D eigenvalue weighted by Gasteiger charge is 2.27. The highest BCUT2D eigenvalue weighted by Crippen LogP contribution is 2.26. The third-order valence-corrected chi connectivity index (χ3v) is 5.55. The van der Waals surface area contributed by atoms with E-state index < -0.39 is 11.8 Å². The van der Waals surface area contributed by atoms with Gasteiger partial charge >= 0.3 is 0 Å². The van der Waals surface area contributed by atoms with Crippen LogP contribution in [-0.2, 0) is 17.0 Å². The summed E-state index contributed by atoms with van der Waals surface area (Å²) in [7, 11) is 1.54. The van der Waals surface area contributed by atoms with E-state index in [4.69, 9.17) is 20.9 Å². The Hall–Kier alpha value is -2.81. The summed E-state index contributed by atoms with van der Waals surface area (Å²) in [5.41, 5.74) is 1.45. The third kappa shape index (κ3) is 6.58. The summed E-state index contributed by atoms with van der Waals surface area (Å²) >= 11 is 7.38. The molecule has 1 heterocycles. The fourth-order valence-electron chi connectivity index (χ4n) is 2.71. The molecule has 9 heteroatoms. The fourth-order valence-corrected chi connectivity index (χ4v) is 3.66. The molecule has 0 radical (unpaired) electrons. The molecular formula is C22H22ClN3O4S. The molecule has 7 nitrogen and oxygen atoms in total. The summed E-state index contributed by atoms with van der Waals surface area (Å²) in [5.74, 6) is -0.701. The summed E-state index contributed by atoms with van der Waals surface area (Å²) < 4.78 is 10.3. The molecule has 0 bridgehead atoms. The molecule has 3 aromatic rings. The van der Waals surface area contributed by atoms with Crippen LogP contribution in [-0.4, -0.2) is 37.2 Å². The molecule has 162 valence electrons. The van der Waals surface area contributed by atoms with Crippen LogP contribution in [0.5, 0.6) is 0 Å². The first kappa shape index (κ1) is 22.9. The lowest BCUT2D eigenvalue weighted by Crippen LogP contribution is -2.31. The van der Waals surface area contributed by atoms with E-state index in [0.717, 1.165) is 10.5 Å². The van der Waals surface area contributed by atoms with E-state index in [1.807, 2.05) is 42.5 Å². The van der Waals surface area contributed by atoms with Gasteiger partial charge in [0.15, 0.2) is 0 Å². The van der Waals surface area contributed by atoms with Gasteiger partial charge in [-0.15, -0.1) is 11.8 Å². The molecule has 2 N–H and O–H groups in total. The maximum absolute atomic E-state index is 12.8. The summed E-state index contributed by atoms with van der Waals surface area (Å²) in [6, 6.07) is 16.8. The molecule has 31 heavy (non-hydrogen) atoms. The highest BCUT2D eigenvalue weighted by atomic mass is 35.5. The quantitative estimate of drug-likeness (QED) is 0.352. The zero-order chi connectivity index (χ0) is 22.1. The maximum atomic E-state index is 12.8. The predicted octanol–water partition coefficient (Wildman–Crippen LogP) is 3.93. The topological polar surface area (TPSA) is 93.5 Å². The van der Waals surface area contributed by atoms with Gasteiger partial charge in [0.1, 0.15) is 11.3 Å². The van der Waals surface area contributed by atoms with Crippen LogP contribution in [0.25, 0.3) is 0 Å². The van der Waals surface area contributed by atoms with Crippen LogP contribution in [0.3, 0.4) is 0 Å². The van der Waals surface area contributed by atoms with Crippen molar-refractivity contribution in [2.24, 2.45) is 0 Å². The van der Waals surface area contributed by atoms with Gasteiger partial charge in [-0.2, -0.15) is 0 Å². The Bertz CT molecular complexity index is 1010. The number of aromatic nitrogens is 1. The number of hydrogen-bond acceptors (Lipinski definition) is 6. The fraction of sp³-hybridized carbons (Fsp3) is 0.227. The van der Waals surface area contributed by atoms with E-state index in [1.165, 1.54) is 11.8 Å². The number of ether oxygens (including phenoxy) is 1. The third-order valence-electron chi connectivity index (χ3n) is 4.27. The largest absolute Gasteiger partial charge is 0.383 e. The number of carbonyl (C=O) groups excluding carboxylic acids is 2. The Morgan fingerprint density at radius 3 is 2.52 bits per heavy atom. The van der Waals surface area contributed by atoms with E-state index in [9.17, 15) is 9.59 Å². The van der Waals surface area contributed by atoms with Gasteiger partial charge in [0, 0.05) is 35.9 Å². The van der Waals surface area contributed by atoms with E-state index in [0.29, 0.717) is 36.2 Å². The Labute approximate surface area is 189 Å². The van der Waals surface area contributed by atoms with Crippen molar-refractivity contribution in [3.05, 3.63) is 82.2 Å². The molecule has 0 aliphatic heterocycles. The average molecular weight is 460 g/mol. The second-order valence-corrected chi connectivity index (χ2v) is 7.98. The lowest BCUT2D eigenvalue weighted by molar-refractivity contribution is 0.0885. The molecule has 0 aliphatic carbocycles. The molecule has 3 rings (SSSR count). The first-order valence-electron chi connectivity index (χ1n) is 9.54. The van der Waals surface area contributed by atoms with E-state index in [-0.39, 0.29) is 11.3 Å². The number of nitrogens with one attached hydrogen (secondary N) is 2. The van der Waals surface area contributed by atoms with Gasteiger partial charge in [-0.1, -0.05) is 47.1 Å². The van der Waals surface area contributed by atoms with Crippen LogP contribution in [0.1, 0.15) is 32.2 Å². The van der Waals surface area contributed by atoms with E-state index >= 15 is 0 Å². The average Bonchev–Trinajstić information content (AvgIpc) is 3.22. The standard InChI is InChI=1S/C22H22ClN3O4S/c1-29-12-11-24-21(27)19-18(14-31-17-9-7-16(23)8-10-17)26-30-20(19)22(28)25-13-15-5-3-2-4-6-15/h2-10H,11-14H2,1H3,(H,24,27)(H,25,28). The van der Waals surface area contributed by atoms with Gasteiger partial charge in [0.2, 0.25) is 5.76 Å². The van der Waals surface area contributed by atoms with E-state index in [1.54, 1.807) is 19.2 Å². The minimum Gasteiger partial charge on any atom is -0.383 e. The SMILES string of the molecule is COCCNC(=O)c1c(CSc2ccc(Cl)cc2)noc1C(=O)NCc1ccccc1. The second kappa shape index (κ2) is 11.5. The summed E-state index contributed by atoms with van der Waals surface area (Å²) in [6.45, 7) is 0.955. The van der Waals surface area contributed by atoms with Crippen LogP contribution in [0, 0.1) is 0 Å². The zero-order valence-corrected chi connectivity index (χ0v) is 18.5. The molecule has 0 unspecified atom stereocenters. The highest BCUT2D eigenvalue weighted by molar-refractivity contribution is 7.98. The lowest BCUT2D eigenvalue weighted by atomic mass is 10.1. The maximum Gasteiger partial charge on any atom is 0.291 e. The van der Waals surface area contributed by atoms with Gasteiger partial charge in [0.05, 0.1) is 6.61 Å². The zero-order valence-electron chi connectivity index (χ0n) is 16.9. The normalized spacial score (nSPS) is 10.6. The van der Waals surface area contributed by atoms with Gasteiger partial charge in [-0.3, -0.25) is 9.59 Å². The molecule has 0 fully saturated rings. The molecule has 2 amide bonds. The number of hydrogen-bond donors (Lipinski definition) is 2. The Morgan fingerprint density at radius 2 is 1.81 bits per heavy atom. The van der Waals surface area contributed by atoms with Crippen molar-refractivity contribution in [3.8, 4) is 0 Å². The van der Waals surface area contributed by atoms with Crippen molar-refractivity contribution in [1.29, 1.82) is 0 Å². The Morgan fingerprint density at radius 1 is 1.06 bits per heavy atom. The van der Waals surface area contributed by atoms with Gasteiger partial charge in [0.25, 0.3) is 11.8 Å². The van der Waals surface area contributed by atoms with Gasteiger partial charge in [-0.05, 0) is 29.8 Å². The smallest absolute Gasteiger partial charge is 0.291 e. The molecule has 1 aromatic heterocycles. The molecule has 0 saturated carbocycles. The van der Waals surface area contributed by atoms with Gasteiger partial charge in [-0.25, -0.2) is 0 Å². The summed E-state index contributed by atoms with van der Waals surface area (Å²) in [4.78, 5) is 26.5. The summed E-state index contributed by atoms with van der Waals surface area (Å²) in [5, 5.41) is 10.1. The number of benzene rings is 2.